The summed E-state index contributed by atoms with van der Waals surface area (Å²) in [4.78, 5) is 13.9. The molecule has 0 aliphatic heterocycles. The van der Waals surface area contributed by atoms with Gasteiger partial charge in [-0.3, -0.25) is 4.79 Å². The number of ketones is 1. The van der Waals surface area contributed by atoms with Crippen molar-refractivity contribution in [2.45, 2.75) is 17.6 Å². The predicted molar refractivity (Wildman–Crippen MR) is 102 cm³/mol. The van der Waals surface area contributed by atoms with Gasteiger partial charge in [-0.15, -0.1) is 11.8 Å². The molecule has 24 heavy (non-hydrogen) atoms. The quantitative estimate of drug-likeness (QED) is 0.403. The van der Waals surface area contributed by atoms with E-state index in [9.17, 15) is 4.79 Å². The first-order chi connectivity index (χ1) is 11.6. The molecular formula is C21H17ClOS. The van der Waals surface area contributed by atoms with Crippen LogP contribution < -0.4 is 0 Å². The molecule has 3 aromatic rings. The molecule has 0 aliphatic carbocycles. The van der Waals surface area contributed by atoms with Crippen LogP contribution in [-0.2, 0) is 5.75 Å². The second-order valence-electron chi connectivity index (χ2n) is 5.60. The SMILES string of the molecule is Cc1ccc(C(=O)c2ccccc2)c(CSc2ccc(Cl)cc2)c1. The Morgan fingerprint density at radius 3 is 2.38 bits per heavy atom. The second kappa shape index (κ2) is 7.69. The van der Waals surface area contributed by atoms with Crippen LogP contribution in [0.5, 0.6) is 0 Å². The van der Waals surface area contributed by atoms with Gasteiger partial charge in [0.05, 0.1) is 0 Å². The number of benzene rings is 3. The molecule has 0 saturated carbocycles. The standard InChI is InChI=1S/C21H17ClOS/c1-15-7-12-20(21(23)16-5-3-2-4-6-16)17(13-15)14-24-19-10-8-18(22)9-11-19/h2-13H,14H2,1H3. The number of halogens is 1. The third-order valence-electron chi connectivity index (χ3n) is 3.75. The predicted octanol–water partition coefficient (Wildman–Crippen LogP) is 6.17. The molecule has 0 saturated heterocycles. The first-order valence-electron chi connectivity index (χ1n) is 7.71. The Hall–Kier alpha value is -2.03. The molecule has 0 fully saturated rings. The Morgan fingerprint density at radius 1 is 0.958 bits per heavy atom. The molecule has 3 rings (SSSR count). The molecule has 0 unspecified atom stereocenters. The van der Waals surface area contributed by atoms with Crippen LogP contribution in [0.4, 0.5) is 0 Å². The first kappa shape index (κ1) is 16.8. The van der Waals surface area contributed by atoms with Crippen molar-refractivity contribution in [1.29, 1.82) is 0 Å². The van der Waals surface area contributed by atoms with Gasteiger partial charge in [-0.1, -0.05) is 65.7 Å². The maximum absolute atomic E-state index is 12.8. The molecule has 0 bridgehead atoms. The molecule has 0 amide bonds. The van der Waals surface area contributed by atoms with Gasteiger partial charge >= 0.3 is 0 Å². The van der Waals surface area contributed by atoms with Crippen LogP contribution in [0, 0.1) is 6.92 Å². The molecule has 0 atom stereocenters. The fraction of sp³-hybridized carbons (Fsp3) is 0.0952. The fourth-order valence-corrected chi connectivity index (χ4v) is 3.52. The number of aryl methyl sites for hydroxylation is 1. The fourth-order valence-electron chi connectivity index (χ4n) is 2.50. The number of thioether (sulfide) groups is 1. The summed E-state index contributed by atoms with van der Waals surface area (Å²) in [6, 6.07) is 23.2. The van der Waals surface area contributed by atoms with E-state index in [0.717, 1.165) is 37.9 Å². The molecule has 0 aliphatic rings. The molecule has 0 N–H and O–H groups in total. The normalized spacial score (nSPS) is 10.6. The Morgan fingerprint density at radius 2 is 1.67 bits per heavy atom. The van der Waals surface area contributed by atoms with Gasteiger partial charge < -0.3 is 0 Å². The number of carbonyl (C=O) groups is 1. The summed E-state index contributed by atoms with van der Waals surface area (Å²) in [5.41, 5.74) is 3.71. The maximum Gasteiger partial charge on any atom is 0.193 e. The van der Waals surface area contributed by atoms with Crippen molar-refractivity contribution in [2.24, 2.45) is 0 Å². The van der Waals surface area contributed by atoms with Crippen LogP contribution in [0.3, 0.4) is 0 Å². The van der Waals surface area contributed by atoms with Crippen molar-refractivity contribution in [3.8, 4) is 0 Å². The lowest BCUT2D eigenvalue weighted by atomic mass is 9.97. The Kier molecular flexibility index (Phi) is 5.39. The number of rotatable bonds is 5. The van der Waals surface area contributed by atoms with E-state index in [1.807, 2.05) is 73.7 Å². The van der Waals surface area contributed by atoms with Gasteiger partial charge in [-0.05, 0) is 36.8 Å². The minimum absolute atomic E-state index is 0.0716. The molecule has 3 heteroatoms. The summed E-state index contributed by atoms with van der Waals surface area (Å²) in [6.07, 6.45) is 0. The molecule has 120 valence electrons. The van der Waals surface area contributed by atoms with Gasteiger partial charge in [-0.2, -0.15) is 0 Å². The van der Waals surface area contributed by atoms with E-state index in [2.05, 4.69) is 6.07 Å². The smallest absolute Gasteiger partial charge is 0.193 e. The van der Waals surface area contributed by atoms with Crippen LogP contribution in [0.1, 0.15) is 27.0 Å². The average molecular weight is 353 g/mol. The zero-order valence-electron chi connectivity index (χ0n) is 13.3. The van der Waals surface area contributed by atoms with Crippen LogP contribution >= 0.6 is 23.4 Å². The van der Waals surface area contributed by atoms with Crippen molar-refractivity contribution in [3.05, 3.63) is 100 Å². The van der Waals surface area contributed by atoms with Crippen molar-refractivity contribution < 1.29 is 4.79 Å². The molecule has 0 radical (unpaired) electrons. The monoisotopic (exact) mass is 352 g/mol. The summed E-state index contributed by atoms with van der Waals surface area (Å²) in [7, 11) is 0. The van der Waals surface area contributed by atoms with E-state index in [1.54, 1.807) is 11.8 Å². The van der Waals surface area contributed by atoms with Crippen LogP contribution in [0.25, 0.3) is 0 Å². The third-order valence-corrected chi connectivity index (χ3v) is 5.06. The van der Waals surface area contributed by atoms with E-state index in [0.29, 0.717) is 0 Å². The second-order valence-corrected chi connectivity index (χ2v) is 7.08. The zero-order chi connectivity index (χ0) is 16.9. The molecule has 3 aromatic carbocycles. The summed E-state index contributed by atoms with van der Waals surface area (Å²) in [6.45, 7) is 2.05. The highest BCUT2D eigenvalue weighted by Crippen LogP contribution is 2.27. The lowest BCUT2D eigenvalue weighted by Crippen LogP contribution is -2.05. The Bertz CT molecular complexity index is 841. The van der Waals surface area contributed by atoms with Gasteiger partial charge in [0.15, 0.2) is 5.78 Å². The Labute approximate surface area is 151 Å². The lowest BCUT2D eigenvalue weighted by molar-refractivity contribution is 0.103. The van der Waals surface area contributed by atoms with Crippen LogP contribution in [-0.4, -0.2) is 5.78 Å². The van der Waals surface area contributed by atoms with Gasteiger partial charge in [0.25, 0.3) is 0 Å². The van der Waals surface area contributed by atoms with Crippen molar-refractivity contribution in [3.63, 3.8) is 0 Å². The maximum atomic E-state index is 12.8. The van der Waals surface area contributed by atoms with E-state index in [-0.39, 0.29) is 5.78 Å². The number of hydrogen-bond acceptors (Lipinski definition) is 2. The third kappa shape index (κ3) is 4.08. The minimum Gasteiger partial charge on any atom is -0.289 e. The molecule has 0 aromatic heterocycles. The zero-order valence-corrected chi connectivity index (χ0v) is 14.9. The lowest BCUT2D eigenvalue weighted by Gasteiger charge is -2.10. The van der Waals surface area contributed by atoms with Crippen molar-refractivity contribution in [2.75, 3.05) is 0 Å². The van der Waals surface area contributed by atoms with E-state index in [1.165, 1.54) is 0 Å². The summed E-state index contributed by atoms with van der Waals surface area (Å²) in [5.74, 6) is 0.819. The molecular weight excluding hydrogens is 336 g/mol. The highest BCUT2D eigenvalue weighted by Gasteiger charge is 2.13. The molecule has 1 nitrogen and oxygen atoms in total. The average Bonchev–Trinajstić information content (AvgIpc) is 2.61. The van der Waals surface area contributed by atoms with E-state index >= 15 is 0 Å². The van der Waals surface area contributed by atoms with Crippen molar-refractivity contribution in [1.82, 2.24) is 0 Å². The molecule has 0 spiro atoms. The first-order valence-corrected chi connectivity index (χ1v) is 9.07. The van der Waals surface area contributed by atoms with Gasteiger partial charge in [-0.25, -0.2) is 0 Å². The Balaban J connectivity index is 1.85. The highest BCUT2D eigenvalue weighted by molar-refractivity contribution is 7.98. The summed E-state index contributed by atoms with van der Waals surface area (Å²) >= 11 is 7.64. The van der Waals surface area contributed by atoms with Gasteiger partial charge in [0.2, 0.25) is 0 Å². The number of carbonyl (C=O) groups excluding carboxylic acids is 1. The van der Waals surface area contributed by atoms with Gasteiger partial charge in [0.1, 0.15) is 0 Å². The molecule has 0 heterocycles. The highest BCUT2D eigenvalue weighted by atomic mass is 35.5. The van der Waals surface area contributed by atoms with Gasteiger partial charge in [0, 0.05) is 26.8 Å². The van der Waals surface area contributed by atoms with Crippen molar-refractivity contribution >= 4 is 29.1 Å². The van der Waals surface area contributed by atoms with Crippen LogP contribution in [0.2, 0.25) is 5.02 Å². The summed E-state index contributed by atoms with van der Waals surface area (Å²) < 4.78 is 0. The van der Waals surface area contributed by atoms with E-state index < -0.39 is 0 Å². The number of hydrogen-bond donors (Lipinski definition) is 0. The van der Waals surface area contributed by atoms with Crippen LogP contribution in [0.15, 0.2) is 77.7 Å². The van der Waals surface area contributed by atoms with E-state index in [4.69, 9.17) is 11.6 Å². The summed E-state index contributed by atoms with van der Waals surface area (Å²) in [5, 5.41) is 0.731. The largest absolute Gasteiger partial charge is 0.289 e. The minimum atomic E-state index is 0.0716. The topological polar surface area (TPSA) is 17.1 Å².